The van der Waals surface area contributed by atoms with E-state index in [2.05, 4.69) is 38.3 Å². The van der Waals surface area contributed by atoms with E-state index in [1.165, 1.54) is 19.3 Å². The molecule has 4 nitrogen and oxygen atoms in total. The molecule has 0 radical (unpaired) electrons. The van der Waals surface area contributed by atoms with Crippen LogP contribution in [0, 0.1) is 16.7 Å². The fourth-order valence-corrected chi connectivity index (χ4v) is 3.73. The van der Waals surface area contributed by atoms with Gasteiger partial charge < -0.3 is 15.4 Å². The smallest absolute Gasteiger partial charge is 0.191 e. The molecule has 0 spiro atoms. The van der Waals surface area contributed by atoms with Crippen molar-refractivity contribution in [1.29, 1.82) is 0 Å². The molecule has 1 heterocycles. The molecule has 0 aromatic carbocycles. The summed E-state index contributed by atoms with van der Waals surface area (Å²) in [5.74, 6) is 1.65. The van der Waals surface area contributed by atoms with Crippen LogP contribution in [0.2, 0.25) is 0 Å². The molecule has 20 heavy (non-hydrogen) atoms. The van der Waals surface area contributed by atoms with Crippen LogP contribution in [-0.4, -0.2) is 37.8 Å². The zero-order chi connectivity index (χ0) is 14.4. The summed E-state index contributed by atoms with van der Waals surface area (Å²) >= 11 is 0. The maximum absolute atomic E-state index is 5.86. The number of nitrogens with zero attached hydrogens (tertiary/aromatic N) is 1. The molecule has 2 aliphatic carbocycles. The van der Waals surface area contributed by atoms with Crippen LogP contribution < -0.4 is 10.6 Å². The molecule has 4 heteroatoms. The molecule has 2 saturated carbocycles. The minimum absolute atomic E-state index is 0.209. The maximum Gasteiger partial charge on any atom is 0.191 e. The zero-order valence-electron chi connectivity index (χ0n) is 13.3. The van der Waals surface area contributed by atoms with Crippen LogP contribution in [0.3, 0.4) is 0 Å². The van der Waals surface area contributed by atoms with Gasteiger partial charge in [0.1, 0.15) is 0 Å². The molecule has 2 N–H and O–H groups in total. The summed E-state index contributed by atoms with van der Waals surface area (Å²) in [5.41, 5.74) is 0.678. The second kappa shape index (κ2) is 4.90. The summed E-state index contributed by atoms with van der Waals surface area (Å²) in [6.07, 6.45) is 4.26. The highest BCUT2D eigenvalue weighted by molar-refractivity contribution is 5.80. The van der Waals surface area contributed by atoms with Crippen LogP contribution in [0.1, 0.15) is 47.0 Å². The number of fused-ring (bicyclic) bond motifs is 1. The molecule has 0 amide bonds. The van der Waals surface area contributed by atoms with Crippen LogP contribution in [0.4, 0.5) is 0 Å². The van der Waals surface area contributed by atoms with Crippen molar-refractivity contribution in [2.75, 3.05) is 19.7 Å². The molecule has 3 fully saturated rings. The lowest BCUT2D eigenvalue weighted by molar-refractivity contribution is -0.106. The third-order valence-electron chi connectivity index (χ3n) is 5.46. The lowest BCUT2D eigenvalue weighted by Crippen LogP contribution is -2.68. The quantitative estimate of drug-likeness (QED) is 0.612. The Morgan fingerprint density at radius 1 is 1.30 bits per heavy atom. The van der Waals surface area contributed by atoms with Crippen molar-refractivity contribution in [2.45, 2.75) is 59.1 Å². The Bertz CT molecular complexity index is 401. The molecule has 1 aliphatic heterocycles. The van der Waals surface area contributed by atoms with Crippen molar-refractivity contribution < 1.29 is 4.74 Å². The van der Waals surface area contributed by atoms with Gasteiger partial charge in [-0.1, -0.05) is 20.8 Å². The standard InChI is InChI=1S/C16H29N3O/c1-5-17-14(18-10-16(4)7-8-16)19-12-11-6-9-20-13(11)15(12,2)3/h11-13H,5-10H2,1-4H3,(H2,17,18,19). The predicted octanol–water partition coefficient (Wildman–Crippen LogP) is 2.16. The largest absolute Gasteiger partial charge is 0.377 e. The van der Waals surface area contributed by atoms with E-state index in [0.717, 1.165) is 25.7 Å². The van der Waals surface area contributed by atoms with Crippen molar-refractivity contribution in [1.82, 2.24) is 10.6 Å². The van der Waals surface area contributed by atoms with Crippen LogP contribution in [0.15, 0.2) is 4.99 Å². The van der Waals surface area contributed by atoms with E-state index in [1.54, 1.807) is 0 Å². The highest BCUT2D eigenvalue weighted by atomic mass is 16.5. The van der Waals surface area contributed by atoms with Gasteiger partial charge in [-0.25, -0.2) is 0 Å². The normalized spacial score (nSPS) is 37.0. The molecule has 1 saturated heterocycles. The van der Waals surface area contributed by atoms with Crippen LogP contribution in [-0.2, 0) is 4.74 Å². The predicted molar refractivity (Wildman–Crippen MR) is 81.9 cm³/mol. The van der Waals surface area contributed by atoms with Gasteiger partial charge in [0.2, 0.25) is 0 Å². The summed E-state index contributed by atoms with van der Waals surface area (Å²) < 4.78 is 5.86. The van der Waals surface area contributed by atoms with Gasteiger partial charge in [-0.3, -0.25) is 4.99 Å². The number of hydrogen-bond donors (Lipinski definition) is 2. The second-order valence-electron chi connectivity index (χ2n) is 7.69. The number of rotatable bonds is 4. The molecule has 3 atom stereocenters. The highest BCUT2D eigenvalue weighted by Gasteiger charge is 2.59. The van der Waals surface area contributed by atoms with Crippen LogP contribution in [0.25, 0.3) is 0 Å². The topological polar surface area (TPSA) is 45.7 Å². The Balaban J connectivity index is 1.64. The fraction of sp³-hybridized carbons (Fsp3) is 0.938. The molecule has 0 aromatic rings. The summed E-state index contributed by atoms with van der Waals surface area (Å²) in [4.78, 5) is 4.80. The summed E-state index contributed by atoms with van der Waals surface area (Å²) in [6.45, 7) is 11.9. The number of hydrogen-bond acceptors (Lipinski definition) is 2. The lowest BCUT2D eigenvalue weighted by Gasteiger charge is -2.54. The van der Waals surface area contributed by atoms with Crippen LogP contribution in [0.5, 0.6) is 0 Å². The Morgan fingerprint density at radius 3 is 2.70 bits per heavy atom. The zero-order valence-corrected chi connectivity index (χ0v) is 13.3. The van der Waals surface area contributed by atoms with E-state index in [9.17, 15) is 0 Å². The van der Waals surface area contributed by atoms with Gasteiger partial charge in [-0.15, -0.1) is 0 Å². The average molecular weight is 279 g/mol. The molecule has 3 aliphatic rings. The highest BCUT2D eigenvalue weighted by Crippen LogP contribution is 2.52. The van der Waals surface area contributed by atoms with Gasteiger partial charge in [0.05, 0.1) is 6.10 Å². The molecule has 0 bridgehead atoms. The van der Waals surface area contributed by atoms with E-state index in [1.807, 2.05) is 0 Å². The maximum atomic E-state index is 5.86. The summed E-state index contributed by atoms with van der Waals surface area (Å²) in [5, 5.41) is 7.07. The lowest BCUT2D eigenvalue weighted by atomic mass is 9.57. The number of guanidine groups is 1. The Kier molecular flexibility index (Phi) is 3.47. The monoisotopic (exact) mass is 279 g/mol. The number of ether oxygens (including phenoxy) is 1. The summed E-state index contributed by atoms with van der Waals surface area (Å²) in [7, 11) is 0. The van der Waals surface area contributed by atoms with Crippen LogP contribution >= 0.6 is 0 Å². The Hall–Kier alpha value is -0.770. The van der Waals surface area contributed by atoms with Crippen molar-refractivity contribution in [2.24, 2.45) is 21.7 Å². The Morgan fingerprint density at radius 2 is 2.05 bits per heavy atom. The molecular formula is C16H29N3O. The first kappa shape index (κ1) is 14.2. The minimum Gasteiger partial charge on any atom is -0.377 e. The SMILES string of the molecule is CCNC(=NCC1(C)CC1)NC1C2CCOC2C1(C)C. The molecule has 114 valence electrons. The van der Waals surface area contributed by atoms with E-state index in [0.29, 0.717) is 23.5 Å². The van der Waals surface area contributed by atoms with Gasteiger partial charge >= 0.3 is 0 Å². The second-order valence-corrected chi connectivity index (χ2v) is 7.69. The molecule has 3 unspecified atom stereocenters. The van der Waals surface area contributed by atoms with Crippen molar-refractivity contribution in [3.63, 3.8) is 0 Å². The number of nitrogens with one attached hydrogen (secondary N) is 2. The Labute approximate surface area is 122 Å². The third-order valence-corrected chi connectivity index (χ3v) is 5.46. The van der Waals surface area contributed by atoms with Gasteiger partial charge in [-0.2, -0.15) is 0 Å². The van der Waals surface area contributed by atoms with Gasteiger partial charge in [-0.05, 0) is 31.6 Å². The summed E-state index contributed by atoms with van der Waals surface area (Å²) in [6, 6.07) is 0.486. The third kappa shape index (κ3) is 2.43. The van der Waals surface area contributed by atoms with E-state index >= 15 is 0 Å². The first-order valence-corrected chi connectivity index (χ1v) is 8.13. The average Bonchev–Trinajstić information content (AvgIpc) is 2.97. The van der Waals surface area contributed by atoms with Crippen molar-refractivity contribution >= 4 is 5.96 Å². The van der Waals surface area contributed by atoms with Gasteiger partial charge in [0.15, 0.2) is 5.96 Å². The van der Waals surface area contributed by atoms with E-state index < -0.39 is 0 Å². The van der Waals surface area contributed by atoms with Crippen molar-refractivity contribution in [3.8, 4) is 0 Å². The minimum atomic E-state index is 0.209. The molecule has 0 aromatic heterocycles. The van der Waals surface area contributed by atoms with Gasteiger partial charge in [0.25, 0.3) is 0 Å². The first-order valence-electron chi connectivity index (χ1n) is 8.13. The molecule has 3 rings (SSSR count). The molecular weight excluding hydrogens is 250 g/mol. The fourth-order valence-electron chi connectivity index (χ4n) is 3.73. The van der Waals surface area contributed by atoms with E-state index in [4.69, 9.17) is 9.73 Å². The van der Waals surface area contributed by atoms with Gasteiger partial charge in [0, 0.05) is 37.1 Å². The van der Waals surface area contributed by atoms with E-state index in [-0.39, 0.29) is 5.41 Å². The number of aliphatic imine (C=N–C) groups is 1. The van der Waals surface area contributed by atoms with Crippen molar-refractivity contribution in [3.05, 3.63) is 0 Å². The first-order chi connectivity index (χ1) is 9.46.